The van der Waals surface area contributed by atoms with Crippen molar-refractivity contribution in [3.8, 4) is 0 Å². The third-order valence-electron chi connectivity index (χ3n) is 3.92. The first-order valence-corrected chi connectivity index (χ1v) is 9.40. The second-order valence-corrected chi connectivity index (χ2v) is 7.38. The Morgan fingerprint density at radius 1 is 0.929 bits per heavy atom. The maximum Gasteiger partial charge on any atom is 0.373 e. The number of esters is 1. The van der Waals surface area contributed by atoms with Gasteiger partial charge in [-0.3, -0.25) is 0 Å². The molecule has 0 bridgehead atoms. The molecule has 2 aromatic carbocycles. The van der Waals surface area contributed by atoms with Gasteiger partial charge in [0.25, 0.3) is 0 Å². The quantitative estimate of drug-likeness (QED) is 0.622. The number of halogens is 1. The number of aryl methyl sites for hydroxylation is 1. The van der Waals surface area contributed by atoms with Crippen molar-refractivity contribution in [2.75, 3.05) is 4.90 Å². The topological polar surface area (TPSA) is 63.7 Å². The second kappa shape index (κ2) is 11.3. The predicted molar refractivity (Wildman–Crippen MR) is 110 cm³/mol. The van der Waals surface area contributed by atoms with Gasteiger partial charge in [-0.1, -0.05) is 43.1 Å². The normalized spacial score (nSPS) is 11.3. The fourth-order valence-electron chi connectivity index (χ4n) is 2.76. The summed E-state index contributed by atoms with van der Waals surface area (Å²) in [6.07, 6.45) is 0.0961. The summed E-state index contributed by atoms with van der Waals surface area (Å²) in [5.74, 6) is -0.149. The zero-order valence-electron chi connectivity index (χ0n) is 16.8. The number of carbonyl (C=O) groups is 1. The van der Waals surface area contributed by atoms with Gasteiger partial charge in [0.2, 0.25) is 0 Å². The predicted octanol–water partition coefficient (Wildman–Crippen LogP) is 5.18. The molecule has 5 nitrogen and oxygen atoms in total. The van der Waals surface area contributed by atoms with Crippen LogP contribution in [0.3, 0.4) is 0 Å². The third-order valence-corrected chi connectivity index (χ3v) is 4.17. The molecule has 0 spiro atoms. The van der Waals surface area contributed by atoms with Gasteiger partial charge < -0.3 is 9.64 Å². The first kappa shape index (κ1) is 23.4. The molecule has 0 aliphatic carbocycles. The van der Waals surface area contributed by atoms with Crippen LogP contribution in [0.1, 0.15) is 33.3 Å². The van der Waals surface area contributed by atoms with E-state index in [1.807, 2.05) is 88.0 Å². The summed E-state index contributed by atoms with van der Waals surface area (Å²) in [4.78, 5) is 31.1. The standard InChI is InChI=1S/C21H26ClNO2.CO2/c1-14(2)20(21(24)25-15(3)4)23(18-10-6-16(5)7-11-18)19-12-8-17(22)9-13-19;2-1-3/h6-15,20H,1-5H3;. The van der Waals surface area contributed by atoms with Crippen molar-refractivity contribution in [2.45, 2.75) is 46.8 Å². The molecule has 0 aliphatic heterocycles. The highest BCUT2D eigenvalue weighted by molar-refractivity contribution is 6.30. The maximum absolute atomic E-state index is 12.8. The van der Waals surface area contributed by atoms with Crippen molar-refractivity contribution in [1.82, 2.24) is 0 Å². The van der Waals surface area contributed by atoms with Crippen molar-refractivity contribution >= 4 is 35.1 Å². The number of ether oxygens (including phenoxy) is 1. The first-order chi connectivity index (χ1) is 13.2. The smallest absolute Gasteiger partial charge is 0.373 e. The van der Waals surface area contributed by atoms with E-state index in [-0.39, 0.29) is 24.1 Å². The molecule has 28 heavy (non-hydrogen) atoms. The molecule has 0 aliphatic rings. The number of carbonyl (C=O) groups excluding carboxylic acids is 3. The minimum absolute atomic E-state index is 0.0724. The van der Waals surface area contributed by atoms with Gasteiger partial charge in [-0.2, -0.15) is 9.59 Å². The van der Waals surface area contributed by atoms with Crippen molar-refractivity contribution in [1.29, 1.82) is 0 Å². The van der Waals surface area contributed by atoms with E-state index in [4.69, 9.17) is 25.9 Å². The van der Waals surface area contributed by atoms with Crippen LogP contribution in [0.2, 0.25) is 5.02 Å². The average Bonchev–Trinajstić information content (AvgIpc) is 2.61. The minimum atomic E-state index is -0.425. The molecule has 2 aromatic rings. The lowest BCUT2D eigenvalue weighted by atomic mass is 10.00. The number of rotatable bonds is 6. The first-order valence-electron chi connectivity index (χ1n) is 9.02. The molecule has 0 aromatic heterocycles. The summed E-state index contributed by atoms with van der Waals surface area (Å²) < 4.78 is 5.54. The molecular formula is C22H26ClNO4. The summed E-state index contributed by atoms with van der Waals surface area (Å²) >= 11 is 6.05. The Labute approximate surface area is 171 Å². The third kappa shape index (κ3) is 6.84. The van der Waals surface area contributed by atoms with Gasteiger partial charge in [0, 0.05) is 16.4 Å². The molecule has 1 atom stereocenters. The largest absolute Gasteiger partial charge is 0.461 e. The van der Waals surface area contributed by atoms with Crippen LogP contribution in [-0.2, 0) is 19.1 Å². The minimum Gasteiger partial charge on any atom is -0.461 e. The lowest BCUT2D eigenvalue weighted by Gasteiger charge is -2.35. The van der Waals surface area contributed by atoms with E-state index >= 15 is 0 Å². The fraction of sp³-hybridized carbons (Fsp3) is 0.364. The summed E-state index contributed by atoms with van der Waals surface area (Å²) in [6, 6.07) is 15.3. The lowest BCUT2D eigenvalue weighted by Crippen LogP contribution is -2.44. The van der Waals surface area contributed by atoms with Crippen LogP contribution < -0.4 is 4.90 Å². The summed E-state index contributed by atoms with van der Waals surface area (Å²) in [5, 5.41) is 0.665. The van der Waals surface area contributed by atoms with Crippen LogP contribution in [0.4, 0.5) is 11.4 Å². The van der Waals surface area contributed by atoms with E-state index in [0.29, 0.717) is 5.02 Å². The zero-order valence-corrected chi connectivity index (χ0v) is 17.6. The highest BCUT2D eigenvalue weighted by Crippen LogP contribution is 2.32. The Morgan fingerprint density at radius 3 is 1.75 bits per heavy atom. The van der Waals surface area contributed by atoms with Crippen molar-refractivity contribution in [3.63, 3.8) is 0 Å². The zero-order chi connectivity index (χ0) is 21.3. The molecule has 0 saturated carbocycles. The van der Waals surface area contributed by atoms with E-state index in [9.17, 15) is 4.79 Å². The lowest BCUT2D eigenvalue weighted by molar-refractivity contribution is -0.191. The van der Waals surface area contributed by atoms with E-state index in [0.717, 1.165) is 11.4 Å². The molecule has 0 heterocycles. The van der Waals surface area contributed by atoms with Crippen LogP contribution >= 0.6 is 11.6 Å². The van der Waals surface area contributed by atoms with Crippen LogP contribution in [0, 0.1) is 12.8 Å². The summed E-state index contributed by atoms with van der Waals surface area (Å²) in [7, 11) is 0. The van der Waals surface area contributed by atoms with Gasteiger partial charge in [0.15, 0.2) is 0 Å². The van der Waals surface area contributed by atoms with E-state index < -0.39 is 6.04 Å². The van der Waals surface area contributed by atoms with Crippen LogP contribution in [-0.4, -0.2) is 24.3 Å². The van der Waals surface area contributed by atoms with Gasteiger partial charge in [-0.25, -0.2) is 4.79 Å². The second-order valence-electron chi connectivity index (χ2n) is 6.94. The van der Waals surface area contributed by atoms with E-state index in [1.54, 1.807) is 0 Å². The SMILES string of the molecule is Cc1ccc(N(c2ccc(Cl)cc2)C(C(=O)OC(C)C)C(C)C)cc1.O=C=O. The van der Waals surface area contributed by atoms with Crippen LogP contribution in [0.15, 0.2) is 48.5 Å². The summed E-state index contributed by atoms with van der Waals surface area (Å²) in [5.41, 5.74) is 3.03. The Morgan fingerprint density at radius 2 is 1.36 bits per heavy atom. The van der Waals surface area contributed by atoms with Gasteiger partial charge in [-0.05, 0) is 63.1 Å². The molecule has 0 fully saturated rings. The van der Waals surface area contributed by atoms with Gasteiger partial charge >= 0.3 is 12.1 Å². The number of anilines is 2. The summed E-state index contributed by atoms with van der Waals surface area (Å²) in [6.45, 7) is 9.84. The Kier molecular flexibility index (Phi) is 9.43. The molecular weight excluding hydrogens is 378 g/mol. The van der Waals surface area contributed by atoms with Crippen molar-refractivity contribution in [2.24, 2.45) is 5.92 Å². The van der Waals surface area contributed by atoms with Crippen molar-refractivity contribution < 1.29 is 19.1 Å². The van der Waals surface area contributed by atoms with Crippen molar-refractivity contribution in [3.05, 3.63) is 59.1 Å². The Hall–Kier alpha value is -2.62. The molecule has 150 valence electrons. The monoisotopic (exact) mass is 403 g/mol. The molecule has 0 radical (unpaired) electrons. The van der Waals surface area contributed by atoms with Gasteiger partial charge in [-0.15, -0.1) is 0 Å². The van der Waals surface area contributed by atoms with Gasteiger partial charge in [0.05, 0.1) is 6.10 Å². The van der Waals surface area contributed by atoms with E-state index in [2.05, 4.69) is 0 Å². The Balaban J connectivity index is 0.00000122. The molecule has 0 N–H and O–H groups in total. The number of hydrogen-bond donors (Lipinski definition) is 0. The average molecular weight is 404 g/mol. The van der Waals surface area contributed by atoms with Gasteiger partial charge in [0.1, 0.15) is 6.04 Å². The highest BCUT2D eigenvalue weighted by atomic mass is 35.5. The molecule has 1 unspecified atom stereocenters. The van der Waals surface area contributed by atoms with E-state index in [1.165, 1.54) is 5.56 Å². The fourth-order valence-corrected chi connectivity index (χ4v) is 2.88. The molecule has 2 rings (SSSR count). The Bertz CT molecular complexity index is 734. The molecule has 0 saturated heterocycles. The maximum atomic E-state index is 12.8. The highest BCUT2D eigenvalue weighted by Gasteiger charge is 2.32. The number of hydrogen-bond acceptors (Lipinski definition) is 5. The van der Waals surface area contributed by atoms with Crippen LogP contribution in [0.25, 0.3) is 0 Å². The van der Waals surface area contributed by atoms with Crippen LogP contribution in [0.5, 0.6) is 0 Å². The molecule has 0 amide bonds. The number of benzene rings is 2. The number of nitrogens with zero attached hydrogens (tertiary/aromatic N) is 1. The molecule has 6 heteroatoms.